The number of fused-ring (bicyclic) bond motifs is 2. The second-order valence-electron chi connectivity index (χ2n) is 15.6. The summed E-state index contributed by atoms with van der Waals surface area (Å²) >= 11 is 0. The number of carbonyl (C=O) groups excluding carboxylic acids is 7. The summed E-state index contributed by atoms with van der Waals surface area (Å²) in [5.74, 6) is -8.23. The third kappa shape index (κ3) is 9.91. The molecular formula is C44H47F3N2O15. The lowest BCUT2D eigenvalue weighted by molar-refractivity contribution is -0.258. The number of benzene rings is 2. The van der Waals surface area contributed by atoms with Crippen molar-refractivity contribution in [1.29, 1.82) is 0 Å². The van der Waals surface area contributed by atoms with Crippen molar-refractivity contribution in [3.05, 3.63) is 72.1 Å². The van der Waals surface area contributed by atoms with E-state index in [2.05, 4.69) is 0 Å². The first-order valence-corrected chi connectivity index (χ1v) is 20.2. The van der Waals surface area contributed by atoms with E-state index in [9.17, 15) is 46.7 Å². The Bertz CT molecular complexity index is 2310. The van der Waals surface area contributed by atoms with Crippen molar-refractivity contribution in [1.82, 2.24) is 9.13 Å². The second kappa shape index (κ2) is 18.8. The summed E-state index contributed by atoms with van der Waals surface area (Å²) in [5, 5.41) is 0.700. The van der Waals surface area contributed by atoms with Crippen LogP contribution in [0, 0.1) is 0 Å². The highest BCUT2D eigenvalue weighted by Gasteiger charge is 2.53. The molecular weight excluding hydrogens is 853 g/mol. The lowest BCUT2D eigenvalue weighted by Gasteiger charge is -2.44. The molecule has 2 fully saturated rings. The Morgan fingerprint density at radius 1 is 0.531 bits per heavy atom. The first kappa shape index (κ1) is 47.2. The molecule has 0 amide bonds. The number of esters is 6. The van der Waals surface area contributed by atoms with Crippen molar-refractivity contribution < 1.29 is 84.6 Å². The van der Waals surface area contributed by atoms with E-state index in [1.807, 2.05) is 0 Å². The van der Waals surface area contributed by atoms with Crippen molar-refractivity contribution in [2.45, 2.75) is 135 Å². The van der Waals surface area contributed by atoms with Crippen LogP contribution in [0.3, 0.4) is 0 Å². The van der Waals surface area contributed by atoms with Crippen LogP contribution in [-0.2, 0) is 71.5 Å². The number of ketones is 1. The number of ether oxygens (including phenoxy) is 8. The van der Waals surface area contributed by atoms with E-state index in [4.69, 9.17) is 37.9 Å². The van der Waals surface area contributed by atoms with E-state index < -0.39 is 121 Å². The van der Waals surface area contributed by atoms with Gasteiger partial charge in [-0.05, 0) is 37.1 Å². The van der Waals surface area contributed by atoms with Crippen LogP contribution in [0.2, 0.25) is 0 Å². The van der Waals surface area contributed by atoms with Crippen LogP contribution < -0.4 is 0 Å². The molecule has 2 aliphatic heterocycles. The highest BCUT2D eigenvalue weighted by atomic mass is 19.4. The summed E-state index contributed by atoms with van der Waals surface area (Å²) in [4.78, 5) is 87.8. The molecule has 2 aromatic carbocycles. The molecule has 10 atom stereocenters. The molecule has 0 N–H and O–H groups in total. The van der Waals surface area contributed by atoms with Crippen LogP contribution in [0.5, 0.6) is 0 Å². The fourth-order valence-corrected chi connectivity index (χ4v) is 8.55. The molecule has 0 spiro atoms. The predicted molar refractivity (Wildman–Crippen MR) is 214 cm³/mol. The molecule has 0 unspecified atom stereocenters. The van der Waals surface area contributed by atoms with Crippen LogP contribution >= 0.6 is 0 Å². The minimum atomic E-state index is -5.27. The molecule has 20 heteroatoms. The number of hydrogen-bond donors (Lipinski definition) is 0. The van der Waals surface area contributed by atoms with Crippen molar-refractivity contribution in [3.8, 4) is 0 Å². The number of rotatable bonds is 12. The fourth-order valence-electron chi connectivity index (χ4n) is 8.55. The Balaban J connectivity index is 1.58. The van der Waals surface area contributed by atoms with Crippen LogP contribution in [0.25, 0.3) is 21.8 Å². The Labute approximate surface area is 363 Å². The number of nitrogens with zero attached hydrogens (tertiary/aromatic N) is 2. The first-order chi connectivity index (χ1) is 30.1. The average molecular weight is 901 g/mol. The van der Waals surface area contributed by atoms with E-state index in [0.717, 1.165) is 41.5 Å². The summed E-state index contributed by atoms with van der Waals surface area (Å²) in [6.07, 6.45) is -16.5. The van der Waals surface area contributed by atoms with Gasteiger partial charge in [-0.15, -0.1) is 0 Å². The number of aromatic nitrogens is 2. The highest BCUT2D eigenvalue weighted by Crippen LogP contribution is 2.45. The van der Waals surface area contributed by atoms with Gasteiger partial charge in [-0.1, -0.05) is 36.4 Å². The molecule has 4 heterocycles. The van der Waals surface area contributed by atoms with E-state index in [0.29, 0.717) is 21.8 Å². The smallest absolute Gasteiger partial charge is 0.450 e. The van der Waals surface area contributed by atoms with Gasteiger partial charge in [0.05, 0.1) is 23.2 Å². The SMILES string of the molecule is CC(=O)O[C@@H]1[C@@H](OC(C)=O)[C@H](C)O[C@H](n2cc(C(CC(=O)C(F)(F)F)c3cn([C@H]4O[C@@H](C)[C@H](OC(C)=O)[C@@H](OC(C)=O)[C@H]4OC(C)=O)c4ccccc34)c3ccccc32)[C@@H]1OC(C)=O. The molecule has 344 valence electrons. The van der Waals surface area contributed by atoms with Crippen LogP contribution in [0.1, 0.15) is 91.3 Å². The maximum absolute atomic E-state index is 14.4. The standard InChI is InChI=1S/C44H47F3N2O15/c1-20-36(59-22(3)50)38(61-24(5)52)40(63-26(7)54)42(57-20)48-18-31(28-13-9-11-15-33(28)48)30(17-35(56)44(45,46)47)32-19-49(34-16-12-10-14-29(32)34)43-41(64-27(8)55)39(62-25(6)53)37(21(2)58-43)60-23(4)51/h9-16,18-21,30,36-43H,17H2,1-8H3/t20-,21-,36-,37-,38+,39+,40+,41+,42-,43-/m0/s1. The molecule has 0 bridgehead atoms. The summed E-state index contributed by atoms with van der Waals surface area (Å²) in [6.45, 7) is 9.74. The number of Topliss-reactive ketones (excluding diaryl/α,β-unsaturated/α-hetero) is 1. The zero-order valence-electron chi connectivity index (χ0n) is 36.0. The summed E-state index contributed by atoms with van der Waals surface area (Å²) in [6, 6.07) is 13.0. The molecule has 2 aromatic heterocycles. The van der Waals surface area contributed by atoms with Crippen LogP contribution in [0.4, 0.5) is 13.2 Å². The minimum absolute atomic E-state index is 0.183. The number of halogens is 3. The van der Waals surface area contributed by atoms with Gasteiger partial charge in [0.2, 0.25) is 5.78 Å². The van der Waals surface area contributed by atoms with Gasteiger partial charge in [0, 0.05) is 77.0 Å². The van der Waals surface area contributed by atoms with Crippen molar-refractivity contribution in [2.24, 2.45) is 0 Å². The highest BCUT2D eigenvalue weighted by molar-refractivity contribution is 5.92. The fraction of sp³-hybridized carbons (Fsp3) is 0.477. The van der Waals surface area contributed by atoms with Crippen LogP contribution in [-0.4, -0.2) is 106 Å². The normalized spacial score (nSPS) is 26.4. The summed E-state index contributed by atoms with van der Waals surface area (Å²) in [7, 11) is 0. The largest absolute Gasteiger partial charge is 0.456 e. The van der Waals surface area contributed by atoms with Gasteiger partial charge in [0.1, 0.15) is 0 Å². The third-order valence-electron chi connectivity index (χ3n) is 10.9. The molecule has 64 heavy (non-hydrogen) atoms. The van der Waals surface area contributed by atoms with Gasteiger partial charge >= 0.3 is 42.0 Å². The zero-order valence-corrected chi connectivity index (χ0v) is 36.0. The molecule has 17 nitrogen and oxygen atoms in total. The molecule has 0 saturated carbocycles. The summed E-state index contributed by atoms with van der Waals surface area (Å²) in [5.41, 5.74) is 1.05. The van der Waals surface area contributed by atoms with Gasteiger partial charge in [-0.25, -0.2) is 0 Å². The number of carbonyl (C=O) groups is 7. The first-order valence-electron chi connectivity index (χ1n) is 20.2. The third-order valence-corrected chi connectivity index (χ3v) is 10.9. The molecule has 2 saturated heterocycles. The van der Waals surface area contributed by atoms with Gasteiger partial charge in [0.25, 0.3) is 0 Å². The van der Waals surface area contributed by atoms with Crippen molar-refractivity contribution in [2.75, 3.05) is 0 Å². The lowest BCUT2D eigenvalue weighted by Crippen LogP contribution is -2.58. The Morgan fingerprint density at radius 2 is 0.844 bits per heavy atom. The number of para-hydroxylation sites is 2. The molecule has 0 aliphatic carbocycles. The number of hydrogen-bond acceptors (Lipinski definition) is 15. The van der Waals surface area contributed by atoms with Crippen molar-refractivity contribution >= 4 is 63.4 Å². The van der Waals surface area contributed by atoms with E-state index in [1.54, 1.807) is 48.5 Å². The molecule has 0 radical (unpaired) electrons. The quantitative estimate of drug-likeness (QED) is 0.124. The van der Waals surface area contributed by atoms with Gasteiger partial charge in [0.15, 0.2) is 49.1 Å². The van der Waals surface area contributed by atoms with Gasteiger partial charge < -0.3 is 47.0 Å². The maximum atomic E-state index is 14.4. The number of alkyl halides is 3. The topological polar surface area (TPSA) is 203 Å². The lowest BCUT2D eigenvalue weighted by atomic mass is 9.86. The van der Waals surface area contributed by atoms with E-state index in [1.165, 1.54) is 35.4 Å². The Morgan fingerprint density at radius 3 is 1.17 bits per heavy atom. The van der Waals surface area contributed by atoms with E-state index in [-0.39, 0.29) is 11.1 Å². The van der Waals surface area contributed by atoms with Crippen LogP contribution in [0.15, 0.2) is 60.9 Å². The Kier molecular flexibility index (Phi) is 13.9. The minimum Gasteiger partial charge on any atom is -0.456 e. The van der Waals surface area contributed by atoms with Gasteiger partial charge in [-0.2, -0.15) is 13.2 Å². The van der Waals surface area contributed by atoms with Gasteiger partial charge in [-0.3, -0.25) is 33.6 Å². The zero-order chi connectivity index (χ0) is 46.9. The van der Waals surface area contributed by atoms with E-state index >= 15 is 0 Å². The monoisotopic (exact) mass is 900 g/mol. The van der Waals surface area contributed by atoms with Crippen molar-refractivity contribution in [3.63, 3.8) is 0 Å². The molecule has 2 aliphatic rings. The maximum Gasteiger partial charge on any atom is 0.450 e. The molecule has 6 rings (SSSR count). The second-order valence-corrected chi connectivity index (χ2v) is 15.6. The Hall–Kier alpha value is -6.28. The molecule has 4 aromatic rings. The average Bonchev–Trinajstić information content (AvgIpc) is 3.76. The summed E-state index contributed by atoms with van der Waals surface area (Å²) < 4.78 is 92.5. The predicted octanol–water partition coefficient (Wildman–Crippen LogP) is 5.67.